The first-order chi connectivity index (χ1) is 8.51. The van der Waals surface area contributed by atoms with Gasteiger partial charge in [0.05, 0.1) is 0 Å². The molecule has 0 atom stereocenters. The SMILES string of the molecule is CC(C)(C)c1ccc(OCC(=N)N)c(C(C)(C)C)c1. The Balaban J connectivity index is 3.22. The van der Waals surface area contributed by atoms with Crippen molar-refractivity contribution in [3.05, 3.63) is 29.3 Å². The van der Waals surface area contributed by atoms with Crippen LogP contribution in [-0.4, -0.2) is 12.4 Å². The average molecular weight is 262 g/mol. The Bertz CT molecular complexity index is 465. The zero-order chi connectivity index (χ0) is 14.8. The van der Waals surface area contributed by atoms with Crippen molar-refractivity contribution in [2.75, 3.05) is 6.61 Å². The van der Waals surface area contributed by atoms with Crippen LogP contribution in [0.15, 0.2) is 18.2 Å². The maximum atomic E-state index is 7.26. The Morgan fingerprint density at radius 2 is 1.68 bits per heavy atom. The molecule has 0 fully saturated rings. The van der Waals surface area contributed by atoms with E-state index in [1.807, 2.05) is 6.07 Å². The molecule has 3 heteroatoms. The van der Waals surface area contributed by atoms with Gasteiger partial charge in [0.1, 0.15) is 18.2 Å². The van der Waals surface area contributed by atoms with Crippen molar-refractivity contribution in [3.63, 3.8) is 0 Å². The highest BCUT2D eigenvalue weighted by atomic mass is 16.5. The van der Waals surface area contributed by atoms with E-state index in [0.717, 1.165) is 11.3 Å². The second kappa shape index (κ2) is 5.24. The highest BCUT2D eigenvalue weighted by Gasteiger charge is 2.23. The molecule has 0 unspecified atom stereocenters. The van der Waals surface area contributed by atoms with Gasteiger partial charge in [-0.15, -0.1) is 0 Å². The molecule has 1 aromatic carbocycles. The van der Waals surface area contributed by atoms with Crippen molar-refractivity contribution in [1.82, 2.24) is 0 Å². The van der Waals surface area contributed by atoms with Gasteiger partial charge in [0.25, 0.3) is 0 Å². The molecule has 3 nitrogen and oxygen atoms in total. The van der Waals surface area contributed by atoms with Gasteiger partial charge in [0, 0.05) is 0 Å². The number of ether oxygens (including phenoxy) is 1. The van der Waals surface area contributed by atoms with Crippen molar-refractivity contribution >= 4 is 5.84 Å². The molecule has 0 aliphatic rings. The number of hydrogen-bond donors (Lipinski definition) is 2. The molecular formula is C16H26N2O. The summed E-state index contributed by atoms with van der Waals surface area (Å²) in [5.74, 6) is 0.857. The van der Waals surface area contributed by atoms with Crippen molar-refractivity contribution < 1.29 is 4.74 Å². The zero-order valence-electron chi connectivity index (χ0n) is 12.9. The average Bonchev–Trinajstić information content (AvgIpc) is 2.23. The van der Waals surface area contributed by atoms with Crippen LogP contribution in [0.25, 0.3) is 0 Å². The van der Waals surface area contributed by atoms with Crippen LogP contribution in [0.4, 0.5) is 0 Å². The Morgan fingerprint density at radius 3 is 2.11 bits per heavy atom. The Labute approximate surface area is 116 Å². The molecule has 0 heterocycles. The lowest BCUT2D eigenvalue weighted by molar-refractivity contribution is 0.360. The lowest BCUT2D eigenvalue weighted by Crippen LogP contribution is -2.22. The van der Waals surface area contributed by atoms with Gasteiger partial charge in [0.2, 0.25) is 0 Å². The van der Waals surface area contributed by atoms with Gasteiger partial charge in [-0.1, -0.05) is 53.7 Å². The molecule has 0 spiro atoms. The third kappa shape index (κ3) is 4.27. The molecule has 0 saturated carbocycles. The first kappa shape index (κ1) is 15.5. The molecular weight excluding hydrogens is 236 g/mol. The summed E-state index contributed by atoms with van der Waals surface area (Å²) >= 11 is 0. The fraction of sp³-hybridized carbons (Fsp3) is 0.562. The van der Waals surface area contributed by atoms with E-state index in [-0.39, 0.29) is 23.3 Å². The Kier molecular flexibility index (Phi) is 4.28. The van der Waals surface area contributed by atoms with Gasteiger partial charge in [-0.3, -0.25) is 5.41 Å². The lowest BCUT2D eigenvalue weighted by atomic mass is 9.80. The van der Waals surface area contributed by atoms with E-state index in [2.05, 4.69) is 53.7 Å². The van der Waals surface area contributed by atoms with Gasteiger partial charge >= 0.3 is 0 Å². The monoisotopic (exact) mass is 262 g/mol. The topological polar surface area (TPSA) is 59.1 Å². The van der Waals surface area contributed by atoms with Crippen LogP contribution in [0.5, 0.6) is 5.75 Å². The molecule has 0 saturated heterocycles. The first-order valence-corrected chi connectivity index (χ1v) is 6.62. The van der Waals surface area contributed by atoms with Crippen LogP contribution in [0.1, 0.15) is 52.7 Å². The standard InChI is InChI=1S/C16H26N2O/c1-15(2,3)11-7-8-13(19-10-14(17)18)12(9-11)16(4,5)6/h7-9H,10H2,1-6H3,(H3,17,18). The Morgan fingerprint density at radius 1 is 1.11 bits per heavy atom. The summed E-state index contributed by atoms with van der Waals surface area (Å²) in [6, 6.07) is 6.28. The predicted molar refractivity (Wildman–Crippen MR) is 81.3 cm³/mol. The van der Waals surface area contributed by atoms with Gasteiger partial charge in [0.15, 0.2) is 0 Å². The number of hydrogen-bond acceptors (Lipinski definition) is 2. The molecule has 0 aliphatic heterocycles. The normalized spacial score (nSPS) is 12.3. The fourth-order valence-corrected chi connectivity index (χ4v) is 1.86. The maximum Gasteiger partial charge on any atom is 0.145 e. The fourth-order valence-electron chi connectivity index (χ4n) is 1.86. The highest BCUT2D eigenvalue weighted by molar-refractivity contribution is 5.78. The van der Waals surface area contributed by atoms with Gasteiger partial charge < -0.3 is 10.5 Å². The van der Waals surface area contributed by atoms with Crippen LogP contribution in [0.2, 0.25) is 0 Å². The molecule has 19 heavy (non-hydrogen) atoms. The van der Waals surface area contributed by atoms with Gasteiger partial charge in [-0.2, -0.15) is 0 Å². The van der Waals surface area contributed by atoms with E-state index in [1.165, 1.54) is 5.56 Å². The predicted octanol–water partition coefficient (Wildman–Crippen LogP) is 3.60. The molecule has 0 bridgehead atoms. The zero-order valence-corrected chi connectivity index (χ0v) is 12.9. The minimum atomic E-state index is -0.00657. The van der Waals surface area contributed by atoms with E-state index < -0.39 is 0 Å². The quantitative estimate of drug-likeness (QED) is 0.646. The summed E-state index contributed by atoms with van der Waals surface area (Å²) in [6.45, 7) is 13.2. The number of nitrogens with one attached hydrogen (secondary N) is 1. The Hall–Kier alpha value is -1.51. The van der Waals surface area contributed by atoms with Crippen molar-refractivity contribution in [2.45, 2.75) is 52.4 Å². The summed E-state index contributed by atoms with van der Waals surface area (Å²) in [5, 5.41) is 7.26. The first-order valence-electron chi connectivity index (χ1n) is 6.62. The maximum absolute atomic E-state index is 7.26. The number of nitrogens with two attached hydrogens (primary N) is 1. The van der Waals surface area contributed by atoms with E-state index in [9.17, 15) is 0 Å². The van der Waals surface area contributed by atoms with E-state index >= 15 is 0 Å². The van der Waals surface area contributed by atoms with Crippen molar-refractivity contribution in [3.8, 4) is 5.75 Å². The summed E-state index contributed by atoms with van der Waals surface area (Å²) < 4.78 is 5.64. The van der Waals surface area contributed by atoms with Crippen LogP contribution < -0.4 is 10.5 Å². The van der Waals surface area contributed by atoms with Crippen LogP contribution in [0.3, 0.4) is 0 Å². The molecule has 1 aromatic rings. The number of rotatable bonds is 3. The van der Waals surface area contributed by atoms with Crippen LogP contribution >= 0.6 is 0 Å². The third-order valence-corrected chi connectivity index (χ3v) is 3.04. The minimum Gasteiger partial charge on any atom is -0.485 e. The third-order valence-electron chi connectivity index (χ3n) is 3.04. The van der Waals surface area contributed by atoms with E-state index in [4.69, 9.17) is 15.9 Å². The highest BCUT2D eigenvalue weighted by Crippen LogP contribution is 2.35. The summed E-state index contributed by atoms with van der Waals surface area (Å²) in [4.78, 5) is 0. The van der Waals surface area contributed by atoms with Gasteiger partial charge in [-0.25, -0.2) is 0 Å². The molecule has 0 amide bonds. The summed E-state index contributed by atoms with van der Waals surface area (Å²) in [5.41, 5.74) is 7.90. The van der Waals surface area contributed by atoms with Crippen LogP contribution in [-0.2, 0) is 10.8 Å². The number of benzene rings is 1. The molecule has 106 valence electrons. The minimum absolute atomic E-state index is 0.00657. The summed E-state index contributed by atoms with van der Waals surface area (Å²) in [6.07, 6.45) is 0. The molecule has 0 radical (unpaired) electrons. The molecule has 0 aromatic heterocycles. The second-order valence-corrected chi connectivity index (χ2v) is 7.02. The van der Waals surface area contributed by atoms with Crippen molar-refractivity contribution in [2.24, 2.45) is 5.73 Å². The molecule has 1 rings (SSSR count). The molecule has 3 N–H and O–H groups in total. The lowest BCUT2D eigenvalue weighted by Gasteiger charge is -2.27. The number of amidine groups is 1. The van der Waals surface area contributed by atoms with Crippen molar-refractivity contribution in [1.29, 1.82) is 5.41 Å². The van der Waals surface area contributed by atoms with E-state index in [0.29, 0.717) is 0 Å². The summed E-state index contributed by atoms with van der Waals surface area (Å²) in [7, 11) is 0. The van der Waals surface area contributed by atoms with E-state index in [1.54, 1.807) is 0 Å². The largest absolute Gasteiger partial charge is 0.485 e. The second-order valence-electron chi connectivity index (χ2n) is 7.02. The van der Waals surface area contributed by atoms with Gasteiger partial charge in [-0.05, 0) is 28.0 Å². The molecule has 0 aliphatic carbocycles. The smallest absolute Gasteiger partial charge is 0.145 e. The van der Waals surface area contributed by atoms with Crippen LogP contribution in [0, 0.1) is 5.41 Å².